The van der Waals surface area contributed by atoms with Crippen LogP contribution in [0.1, 0.15) is 51.4 Å². The van der Waals surface area contributed by atoms with Crippen LogP contribution in [0.3, 0.4) is 0 Å². The highest BCUT2D eigenvalue weighted by molar-refractivity contribution is 5.91. The molecule has 3 rings (SSSR count). The minimum Gasteiger partial charge on any atom is -0.385 e. The van der Waals surface area contributed by atoms with Gasteiger partial charge >= 0.3 is 6.36 Å². The van der Waals surface area contributed by atoms with Crippen molar-refractivity contribution < 1.29 is 23.0 Å². The van der Waals surface area contributed by atoms with E-state index in [4.69, 9.17) is 5.73 Å². The Hall–Kier alpha value is -0.820. The lowest BCUT2D eigenvalue weighted by Gasteiger charge is -2.43. The fraction of sp³-hybridized carbons (Fsp3) is 0.933. The number of aliphatic hydroxyl groups is 1. The molecule has 2 aliphatic carbocycles. The quantitative estimate of drug-likeness (QED) is 0.822. The minimum absolute atomic E-state index is 0.00429. The topological polar surface area (TPSA) is 67.8 Å². The molecule has 3 N–H and O–H groups in total. The van der Waals surface area contributed by atoms with Gasteiger partial charge in [-0.2, -0.15) is 0 Å². The van der Waals surface area contributed by atoms with Gasteiger partial charge in [0.15, 0.2) is 0 Å². The zero-order chi connectivity index (χ0) is 16.0. The molecule has 0 aromatic carbocycles. The number of hydrogen-bond donors (Lipinski definition) is 2. The van der Waals surface area contributed by atoms with Crippen LogP contribution in [0.5, 0.6) is 0 Å². The fourth-order valence-electron chi connectivity index (χ4n) is 4.57. The monoisotopic (exact) mass is 320 g/mol. The first-order chi connectivity index (χ1) is 10.3. The van der Waals surface area contributed by atoms with Crippen LogP contribution in [0.15, 0.2) is 4.99 Å². The predicted octanol–water partition coefficient (Wildman–Crippen LogP) is 2.74. The lowest BCUT2D eigenvalue weighted by molar-refractivity contribution is -0.347. The smallest absolute Gasteiger partial charge is 0.385 e. The number of rotatable bonds is 2. The summed E-state index contributed by atoms with van der Waals surface area (Å²) in [5, 5.41) is 11.2. The Bertz CT molecular complexity index is 449. The summed E-state index contributed by atoms with van der Waals surface area (Å²) in [7, 11) is 0. The second-order valence-corrected chi connectivity index (χ2v) is 6.85. The van der Waals surface area contributed by atoms with Crippen molar-refractivity contribution in [2.75, 3.05) is 0 Å². The minimum atomic E-state index is -4.63. The van der Waals surface area contributed by atoms with Crippen LogP contribution in [-0.4, -0.2) is 35.1 Å². The molecular formula is C15H23F3N2O2. The summed E-state index contributed by atoms with van der Waals surface area (Å²) in [6.45, 7) is 0. The molecule has 22 heavy (non-hydrogen) atoms. The summed E-state index contributed by atoms with van der Waals surface area (Å²) < 4.78 is 41.6. The predicted molar refractivity (Wildman–Crippen MR) is 75.2 cm³/mol. The summed E-state index contributed by atoms with van der Waals surface area (Å²) in [5.41, 5.74) is 4.76. The van der Waals surface area contributed by atoms with E-state index in [1.807, 2.05) is 0 Å². The number of nitrogens with zero attached hydrogens (tertiary/aromatic N) is 1. The number of amidine groups is 1. The third-order valence-corrected chi connectivity index (χ3v) is 5.57. The summed E-state index contributed by atoms with van der Waals surface area (Å²) in [5.74, 6) is -0.122. The number of nitrogens with two attached hydrogens (primary N) is 1. The molecule has 0 aromatic rings. The van der Waals surface area contributed by atoms with Gasteiger partial charge in [-0.15, -0.1) is 13.2 Å². The van der Waals surface area contributed by atoms with Crippen molar-refractivity contribution in [3.63, 3.8) is 0 Å². The molecule has 3 aliphatic rings. The molecule has 1 heterocycles. The van der Waals surface area contributed by atoms with E-state index in [1.165, 1.54) is 0 Å². The van der Waals surface area contributed by atoms with E-state index >= 15 is 0 Å². The molecule has 2 fully saturated rings. The molecule has 4 atom stereocenters. The van der Waals surface area contributed by atoms with Gasteiger partial charge in [0, 0.05) is 5.92 Å². The first kappa shape index (κ1) is 16.1. The van der Waals surface area contributed by atoms with Crippen molar-refractivity contribution in [3.05, 3.63) is 0 Å². The van der Waals surface area contributed by atoms with Crippen molar-refractivity contribution in [2.24, 2.45) is 22.6 Å². The molecule has 126 valence electrons. The van der Waals surface area contributed by atoms with Crippen LogP contribution in [0.2, 0.25) is 0 Å². The Labute approximate surface area is 127 Å². The molecule has 4 nitrogen and oxygen atoms in total. The van der Waals surface area contributed by atoms with Gasteiger partial charge in [-0.25, -0.2) is 0 Å². The Balaban J connectivity index is 1.77. The van der Waals surface area contributed by atoms with Crippen LogP contribution >= 0.6 is 0 Å². The van der Waals surface area contributed by atoms with E-state index in [0.717, 1.165) is 32.1 Å². The number of ether oxygens (including phenoxy) is 1. The van der Waals surface area contributed by atoms with Crippen molar-refractivity contribution in [2.45, 2.75) is 75.5 Å². The van der Waals surface area contributed by atoms with Gasteiger partial charge < -0.3 is 10.8 Å². The van der Waals surface area contributed by atoms with Crippen molar-refractivity contribution in [1.29, 1.82) is 0 Å². The second kappa shape index (κ2) is 5.67. The van der Waals surface area contributed by atoms with Crippen molar-refractivity contribution >= 4 is 5.84 Å². The maximum atomic E-state index is 12.5. The standard InChI is InChI=1S/C15H23F3N2O2/c16-15(17,18)22-10-6-7-12-11(8-10)14(21,13(19)20-12)9-4-2-1-3-5-9/h9-12,21H,1-8H2,(H2,19,20). The lowest BCUT2D eigenvalue weighted by Crippen LogP contribution is -2.56. The molecule has 7 heteroatoms. The average Bonchev–Trinajstić information content (AvgIpc) is 2.71. The lowest BCUT2D eigenvalue weighted by atomic mass is 9.65. The van der Waals surface area contributed by atoms with Gasteiger partial charge in [0.2, 0.25) is 0 Å². The van der Waals surface area contributed by atoms with E-state index in [1.54, 1.807) is 0 Å². The summed E-state index contributed by atoms with van der Waals surface area (Å²) in [6.07, 6.45) is 0.336. The van der Waals surface area contributed by atoms with Gasteiger partial charge in [0.1, 0.15) is 11.4 Å². The highest BCUT2D eigenvalue weighted by Gasteiger charge is 2.56. The summed E-state index contributed by atoms with van der Waals surface area (Å²) in [4.78, 5) is 4.38. The Morgan fingerprint density at radius 2 is 1.82 bits per heavy atom. The third kappa shape index (κ3) is 2.85. The van der Waals surface area contributed by atoms with Gasteiger partial charge in [-0.05, 0) is 38.0 Å². The maximum absolute atomic E-state index is 12.5. The van der Waals surface area contributed by atoms with Gasteiger partial charge in [0.05, 0.1) is 12.1 Å². The van der Waals surface area contributed by atoms with Crippen molar-refractivity contribution in [3.8, 4) is 0 Å². The molecule has 0 aromatic heterocycles. The molecule has 0 radical (unpaired) electrons. The number of halogens is 3. The largest absolute Gasteiger partial charge is 0.522 e. The number of hydrogen-bond acceptors (Lipinski definition) is 4. The zero-order valence-electron chi connectivity index (χ0n) is 12.5. The van der Waals surface area contributed by atoms with Crippen LogP contribution in [0, 0.1) is 11.8 Å². The normalized spacial score (nSPS) is 40.4. The van der Waals surface area contributed by atoms with Crippen molar-refractivity contribution in [1.82, 2.24) is 0 Å². The van der Waals surface area contributed by atoms with E-state index < -0.39 is 18.1 Å². The Morgan fingerprint density at radius 3 is 2.45 bits per heavy atom. The first-order valence-electron chi connectivity index (χ1n) is 8.11. The number of aliphatic imine (C=N–C) groups is 1. The molecule has 0 spiro atoms. The first-order valence-corrected chi connectivity index (χ1v) is 8.11. The average molecular weight is 320 g/mol. The molecular weight excluding hydrogens is 297 g/mol. The van der Waals surface area contributed by atoms with Gasteiger partial charge in [-0.3, -0.25) is 9.73 Å². The zero-order valence-corrected chi connectivity index (χ0v) is 12.5. The van der Waals surface area contributed by atoms with Gasteiger partial charge in [0.25, 0.3) is 0 Å². The van der Waals surface area contributed by atoms with E-state index in [0.29, 0.717) is 12.8 Å². The highest BCUT2D eigenvalue weighted by Crippen LogP contribution is 2.48. The van der Waals surface area contributed by atoms with Gasteiger partial charge in [-0.1, -0.05) is 19.3 Å². The second-order valence-electron chi connectivity index (χ2n) is 6.85. The number of alkyl halides is 3. The molecule has 0 amide bonds. The molecule has 0 bridgehead atoms. The van der Waals surface area contributed by atoms with Crippen LogP contribution in [0.25, 0.3) is 0 Å². The summed E-state index contributed by atoms with van der Waals surface area (Å²) in [6, 6.07) is -0.167. The molecule has 2 saturated carbocycles. The molecule has 0 saturated heterocycles. The maximum Gasteiger partial charge on any atom is 0.522 e. The Kier molecular flexibility index (Phi) is 4.14. The molecule has 1 aliphatic heterocycles. The van der Waals surface area contributed by atoms with Crippen LogP contribution < -0.4 is 5.73 Å². The third-order valence-electron chi connectivity index (χ3n) is 5.57. The highest BCUT2D eigenvalue weighted by atomic mass is 19.4. The SMILES string of the molecule is NC1=NC2CCC(OC(F)(F)F)CC2C1(O)C1CCCCC1. The molecule has 4 unspecified atom stereocenters. The fourth-order valence-corrected chi connectivity index (χ4v) is 4.57. The van der Waals surface area contributed by atoms with E-state index in [9.17, 15) is 18.3 Å². The Morgan fingerprint density at radius 1 is 1.14 bits per heavy atom. The summed E-state index contributed by atoms with van der Waals surface area (Å²) >= 11 is 0. The van der Waals surface area contributed by atoms with Crippen LogP contribution in [0.4, 0.5) is 13.2 Å². The van der Waals surface area contributed by atoms with E-state index in [-0.39, 0.29) is 30.1 Å². The number of fused-ring (bicyclic) bond motifs is 1. The van der Waals surface area contributed by atoms with E-state index in [2.05, 4.69) is 9.73 Å². The van der Waals surface area contributed by atoms with Crippen LogP contribution in [-0.2, 0) is 4.74 Å².